The van der Waals surface area contributed by atoms with Gasteiger partial charge in [-0.15, -0.1) is 0 Å². The van der Waals surface area contributed by atoms with Crippen molar-refractivity contribution in [2.75, 3.05) is 13.2 Å². The fraction of sp³-hybridized carbons (Fsp3) is 0.786. The Morgan fingerprint density at radius 1 is 1.33 bits per heavy atom. The van der Waals surface area contributed by atoms with E-state index >= 15 is 0 Å². The lowest BCUT2D eigenvalue weighted by Crippen LogP contribution is -2.29. The molecule has 0 aliphatic carbocycles. The van der Waals surface area contributed by atoms with Crippen LogP contribution in [0.5, 0.6) is 0 Å². The molecule has 3 nitrogen and oxygen atoms in total. The summed E-state index contributed by atoms with van der Waals surface area (Å²) < 4.78 is 18.9. The molecule has 1 unspecified atom stereocenters. The number of rotatable bonds is 8. The van der Waals surface area contributed by atoms with E-state index < -0.39 is 12.3 Å². The lowest BCUT2D eigenvalue weighted by molar-refractivity contribution is 0.0734. The molecule has 18 heavy (non-hydrogen) atoms. The van der Waals surface area contributed by atoms with E-state index in [0.29, 0.717) is 0 Å². The second-order valence-corrected chi connectivity index (χ2v) is 4.96. The number of alkyl halides is 1. The second-order valence-electron chi connectivity index (χ2n) is 4.96. The molecule has 4 heteroatoms. The Hall–Kier alpha value is -0.740. The summed E-state index contributed by atoms with van der Waals surface area (Å²) in [5.41, 5.74) is 1.98. The number of halogens is 1. The maximum Gasteiger partial charge on any atom is 0.114 e. The molecule has 0 saturated carbocycles. The van der Waals surface area contributed by atoms with Crippen molar-refractivity contribution in [3.8, 4) is 0 Å². The number of aliphatic hydroxyl groups excluding tert-OH is 1. The van der Waals surface area contributed by atoms with Crippen LogP contribution in [0.2, 0.25) is 0 Å². The van der Waals surface area contributed by atoms with Crippen molar-refractivity contribution in [2.24, 2.45) is 11.8 Å². The fourth-order valence-corrected chi connectivity index (χ4v) is 2.09. The molecule has 0 bridgehead atoms. The third kappa shape index (κ3) is 4.86. The van der Waals surface area contributed by atoms with E-state index in [4.69, 9.17) is 15.3 Å². The molecule has 4 atom stereocenters. The summed E-state index contributed by atoms with van der Waals surface area (Å²) in [6.45, 7) is 9.37. The Labute approximate surface area is 110 Å². The molecular weight excluding hydrogens is 233 g/mol. The lowest BCUT2D eigenvalue weighted by atomic mass is 9.81. The van der Waals surface area contributed by atoms with Crippen molar-refractivity contribution in [2.45, 2.75) is 46.9 Å². The molecule has 0 aromatic carbocycles. The van der Waals surface area contributed by atoms with E-state index in [-0.39, 0.29) is 25.0 Å². The molecular formula is C14H26FNO2. The van der Waals surface area contributed by atoms with Crippen LogP contribution in [0.15, 0.2) is 11.1 Å². The van der Waals surface area contributed by atoms with Gasteiger partial charge in [0.1, 0.15) is 12.3 Å². The van der Waals surface area contributed by atoms with Gasteiger partial charge in [0.05, 0.1) is 13.2 Å². The zero-order valence-corrected chi connectivity index (χ0v) is 12.0. The summed E-state index contributed by atoms with van der Waals surface area (Å²) in [5, 5.41) is 16.2. The van der Waals surface area contributed by atoms with E-state index in [1.54, 1.807) is 6.92 Å². The minimum Gasteiger partial charge on any atom is -0.394 e. The molecule has 0 fully saturated rings. The molecule has 0 saturated heterocycles. The predicted molar refractivity (Wildman–Crippen MR) is 72.9 cm³/mol. The van der Waals surface area contributed by atoms with Gasteiger partial charge in [-0.1, -0.05) is 19.4 Å². The van der Waals surface area contributed by atoms with Crippen molar-refractivity contribution in [3.63, 3.8) is 0 Å². The number of aliphatic hydroxyl groups is 1. The first kappa shape index (κ1) is 17.3. The Kier molecular flexibility index (Phi) is 8.03. The van der Waals surface area contributed by atoms with Gasteiger partial charge < -0.3 is 15.3 Å². The second kappa shape index (κ2) is 8.38. The van der Waals surface area contributed by atoms with Crippen LogP contribution in [-0.2, 0) is 4.74 Å². The Morgan fingerprint density at radius 2 is 1.89 bits per heavy atom. The molecule has 0 heterocycles. The summed E-state index contributed by atoms with van der Waals surface area (Å²) in [7, 11) is 0. The highest BCUT2D eigenvalue weighted by Crippen LogP contribution is 2.29. The summed E-state index contributed by atoms with van der Waals surface area (Å²) in [5.74, 6) is -0.129. The highest BCUT2D eigenvalue weighted by atomic mass is 19.1. The van der Waals surface area contributed by atoms with Gasteiger partial charge in [0.2, 0.25) is 0 Å². The van der Waals surface area contributed by atoms with Crippen molar-refractivity contribution < 1.29 is 14.2 Å². The quantitative estimate of drug-likeness (QED) is 0.520. The maximum atomic E-state index is 13.4. The zero-order valence-electron chi connectivity index (χ0n) is 12.0. The third-order valence-electron chi connectivity index (χ3n) is 3.43. The minimum atomic E-state index is -0.904. The highest BCUT2D eigenvalue weighted by Gasteiger charge is 2.27. The highest BCUT2D eigenvalue weighted by molar-refractivity contribution is 5.65. The predicted octanol–water partition coefficient (Wildman–Crippen LogP) is 2.98. The van der Waals surface area contributed by atoms with Crippen molar-refractivity contribution in [3.05, 3.63) is 11.1 Å². The Morgan fingerprint density at radius 3 is 2.22 bits per heavy atom. The Balaban J connectivity index is 5.07. The SMILES string of the molecule is CC(C)=C(C(C=N)OCCO)[C@H](C)[C@H](C)[C@H](C)F. The Bertz CT molecular complexity index is 286. The van der Waals surface area contributed by atoms with Gasteiger partial charge in [-0.3, -0.25) is 0 Å². The first-order valence-electron chi connectivity index (χ1n) is 6.41. The molecule has 0 rings (SSSR count). The molecule has 0 radical (unpaired) electrons. The average Bonchev–Trinajstić information content (AvgIpc) is 2.31. The van der Waals surface area contributed by atoms with E-state index in [0.717, 1.165) is 11.1 Å². The number of nitrogens with one attached hydrogen (secondary N) is 1. The standard InChI is InChI=1S/C14H26FNO2/c1-9(2)14(11(4)10(3)12(5)15)13(8-16)18-7-6-17/h8,10-13,16-17H,6-7H2,1-5H3/t10-,11+,12-,13?/m0/s1. The van der Waals surface area contributed by atoms with Crippen LogP contribution < -0.4 is 0 Å². The molecule has 0 aliphatic rings. The maximum absolute atomic E-state index is 13.4. The van der Waals surface area contributed by atoms with E-state index in [1.807, 2.05) is 27.7 Å². The minimum absolute atomic E-state index is 0.000271. The summed E-state index contributed by atoms with van der Waals surface area (Å²) >= 11 is 0. The van der Waals surface area contributed by atoms with Gasteiger partial charge in [-0.25, -0.2) is 4.39 Å². The van der Waals surface area contributed by atoms with Crippen LogP contribution in [0.4, 0.5) is 4.39 Å². The molecule has 0 spiro atoms. The summed E-state index contributed by atoms with van der Waals surface area (Å²) in [6, 6.07) is 0. The van der Waals surface area contributed by atoms with Crippen molar-refractivity contribution in [1.29, 1.82) is 5.41 Å². The largest absolute Gasteiger partial charge is 0.394 e. The molecule has 0 aromatic rings. The normalized spacial score (nSPS) is 17.7. The van der Waals surface area contributed by atoms with Crippen LogP contribution in [-0.4, -0.2) is 36.8 Å². The summed E-state index contributed by atoms with van der Waals surface area (Å²) in [6.07, 6.45) is -0.165. The number of ether oxygens (including phenoxy) is 1. The van der Waals surface area contributed by atoms with Crippen molar-refractivity contribution in [1.82, 2.24) is 0 Å². The summed E-state index contributed by atoms with van der Waals surface area (Å²) in [4.78, 5) is 0. The number of hydrogen-bond donors (Lipinski definition) is 2. The van der Waals surface area contributed by atoms with Crippen LogP contribution in [0, 0.1) is 17.2 Å². The van der Waals surface area contributed by atoms with Gasteiger partial charge in [0.25, 0.3) is 0 Å². The molecule has 0 aliphatic heterocycles. The lowest BCUT2D eigenvalue weighted by Gasteiger charge is -2.29. The van der Waals surface area contributed by atoms with Crippen LogP contribution in [0.1, 0.15) is 34.6 Å². The van der Waals surface area contributed by atoms with Gasteiger partial charge in [-0.2, -0.15) is 0 Å². The van der Waals surface area contributed by atoms with Gasteiger partial charge in [-0.05, 0) is 38.2 Å². The molecule has 2 N–H and O–H groups in total. The first-order valence-corrected chi connectivity index (χ1v) is 6.41. The van der Waals surface area contributed by atoms with Crippen LogP contribution in [0.3, 0.4) is 0 Å². The van der Waals surface area contributed by atoms with Crippen molar-refractivity contribution >= 4 is 6.21 Å². The monoisotopic (exact) mass is 259 g/mol. The van der Waals surface area contributed by atoms with Gasteiger partial charge >= 0.3 is 0 Å². The van der Waals surface area contributed by atoms with E-state index in [1.165, 1.54) is 6.21 Å². The van der Waals surface area contributed by atoms with Crippen LogP contribution >= 0.6 is 0 Å². The number of hydrogen-bond acceptors (Lipinski definition) is 3. The average molecular weight is 259 g/mol. The van der Waals surface area contributed by atoms with Gasteiger partial charge in [0.15, 0.2) is 0 Å². The molecule has 0 amide bonds. The number of allylic oxidation sites excluding steroid dienone is 1. The smallest absolute Gasteiger partial charge is 0.114 e. The first-order chi connectivity index (χ1) is 8.36. The zero-order chi connectivity index (χ0) is 14.3. The van der Waals surface area contributed by atoms with E-state index in [2.05, 4.69) is 0 Å². The van der Waals surface area contributed by atoms with Crippen LogP contribution in [0.25, 0.3) is 0 Å². The molecule has 106 valence electrons. The fourth-order valence-electron chi connectivity index (χ4n) is 2.09. The third-order valence-corrected chi connectivity index (χ3v) is 3.43. The van der Waals surface area contributed by atoms with E-state index in [9.17, 15) is 4.39 Å². The molecule has 0 aromatic heterocycles. The van der Waals surface area contributed by atoms with Gasteiger partial charge in [0, 0.05) is 6.21 Å². The topological polar surface area (TPSA) is 53.3 Å².